The zero-order chi connectivity index (χ0) is 25.3. The minimum atomic E-state index is -3.79. The van der Waals surface area contributed by atoms with E-state index in [9.17, 15) is 22.0 Å². The summed E-state index contributed by atoms with van der Waals surface area (Å²) < 4.78 is 55.4. The minimum absolute atomic E-state index is 0.0157. The van der Waals surface area contributed by atoms with Gasteiger partial charge in [0, 0.05) is 25.2 Å². The number of rotatable bonds is 6. The van der Waals surface area contributed by atoms with Crippen LogP contribution in [-0.4, -0.2) is 41.7 Å². The lowest BCUT2D eigenvalue weighted by atomic mass is 9.96. The molecule has 1 saturated heterocycles. The minimum Gasteiger partial charge on any atom is -0.282 e. The molecule has 2 aromatic heterocycles. The summed E-state index contributed by atoms with van der Waals surface area (Å²) in [5.41, 5.74) is 0.860. The topological polar surface area (TPSA) is 83.5 Å². The van der Waals surface area contributed by atoms with Gasteiger partial charge < -0.3 is 0 Å². The molecule has 0 radical (unpaired) electrons. The maximum absolute atomic E-state index is 14.3. The van der Waals surface area contributed by atoms with Gasteiger partial charge in [-0.15, -0.1) is 0 Å². The first-order chi connectivity index (χ1) is 17.3. The van der Waals surface area contributed by atoms with Crippen molar-refractivity contribution in [2.75, 3.05) is 18.0 Å². The number of anilines is 1. The van der Waals surface area contributed by atoms with Crippen LogP contribution in [0.1, 0.15) is 18.5 Å². The smallest absolute Gasteiger partial charge is 0.243 e. The van der Waals surface area contributed by atoms with Gasteiger partial charge in [-0.25, -0.2) is 22.2 Å². The standard InChI is InChI=1S/C25H22F2N4O3S2/c26-18-7-9-20(10-8-18)36(33,34)30-14-11-17(12-15-30)24(32)31(16-19-4-1-2-13-28-19)25-29-23-21(27)5-3-6-22(23)35-25/h1-10,13,17H,11-12,14-16H2. The van der Waals surface area contributed by atoms with E-state index in [1.54, 1.807) is 30.5 Å². The first kappa shape index (κ1) is 24.4. The number of thiazole rings is 1. The molecule has 0 unspecified atom stereocenters. The maximum atomic E-state index is 14.3. The first-order valence-electron chi connectivity index (χ1n) is 11.3. The summed E-state index contributed by atoms with van der Waals surface area (Å²) in [6.45, 7) is 0.471. The Kier molecular flexibility index (Phi) is 6.78. The van der Waals surface area contributed by atoms with Crippen molar-refractivity contribution >= 4 is 42.6 Å². The summed E-state index contributed by atoms with van der Waals surface area (Å²) in [6, 6.07) is 14.8. The number of pyridine rings is 1. The molecule has 2 aromatic carbocycles. The van der Waals surface area contributed by atoms with Gasteiger partial charge in [0.05, 0.1) is 21.8 Å². The van der Waals surface area contributed by atoms with Crippen LogP contribution in [-0.2, 0) is 21.4 Å². The molecule has 0 saturated carbocycles. The van der Waals surface area contributed by atoms with Gasteiger partial charge in [0.25, 0.3) is 0 Å². The Hall–Kier alpha value is -3.28. The monoisotopic (exact) mass is 528 g/mol. The number of carbonyl (C=O) groups is 1. The molecular formula is C25H22F2N4O3S2. The predicted octanol–water partition coefficient (Wildman–Crippen LogP) is 4.60. The number of aromatic nitrogens is 2. The number of hydrogen-bond donors (Lipinski definition) is 0. The van der Waals surface area contributed by atoms with Crippen molar-refractivity contribution in [1.82, 2.24) is 14.3 Å². The van der Waals surface area contributed by atoms with E-state index in [-0.39, 0.29) is 36.0 Å². The predicted molar refractivity (Wildman–Crippen MR) is 133 cm³/mol. The van der Waals surface area contributed by atoms with Gasteiger partial charge in [-0.05, 0) is 61.4 Å². The molecule has 3 heterocycles. The van der Waals surface area contributed by atoms with Crippen molar-refractivity contribution in [3.05, 3.63) is 84.2 Å². The van der Waals surface area contributed by atoms with E-state index in [0.717, 1.165) is 12.1 Å². The Labute approximate surface area is 211 Å². The molecule has 0 atom stereocenters. The highest BCUT2D eigenvalue weighted by Gasteiger charge is 2.35. The lowest BCUT2D eigenvalue weighted by Gasteiger charge is -2.33. The third-order valence-electron chi connectivity index (χ3n) is 6.16. The SMILES string of the molecule is O=C(C1CCN(S(=O)(=O)c2ccc(F)cc2)CC1)N(Cc1ccccn1)c1nc2c(F)cccc2s1. The number of carbonyl (C=O) groups excluding carboxylic acids is 1. The van der Waals surface area contributed by atoms with Gasteiger partial charge in [-0.1, -0.05) is 23.5 Å². The lowest BCUT2D eigenvalue weighted by Crippen LogP contribution is -2.44. The average Bonchev–Trinajstić information content (AvgIpc) is 3.33. The van der Waals surface area contributed by atoms with Crippen molar-refractivity contribution in [2.45, 2.75) is 24.3 Å². The van der Waals surface area contributed by atoms with E-state index in [0.29, 0.717) is 28.4 Å². The Balaban J connectivity index is 1.37. The van der Waals surface area contributed by atoms with E-state index < -0.39 is 27.6 Å². The quantitative estimate of drug-likeness (QED) is 0.365. The van der Waals surface area contributed by atoms with Crippen molar-refractivity contribution < 1.29 is 22.0 Å². The van der Waals surface area contributed by atoms with E-state index in [4.69, 9.17) is 0 Å². The number of halogens is 2. The Morgan fingerprint density at radius 3 is 2.44 bits per heavy atom. The van der Waals surface area contributed by atoms with Gasteiger partial charge in [0.1, 0.15) is 17.2 Å². The van der Waals surface area contributed by atoms with Crippen molar-refractivity contribution in [3.8, 4) is 0 Å². The molecule has 0 bridgehead atoms. The van der Waals surface area contributed by atoms with Gasteiger partial charge in [-0.2, -0.15) is 4.31 Å². The van der Waals surface area contributed by atoms with Gasteiger partial charge in [0.2, 0.25) is 15.9 Å². The van der Waals surface area contributed by atoms with Crippen LogP contribution < -0.4 is 4.90 Å². The van der Waals surface area contributed by atoms with E-state index in [1.807, 2.05) is 6.07 Å². The van der Waals surface area contributed by atoms with Crippen LogP contribution in [0.4, 0.5) is 13.9 Å². The zero-order valence-electron chi connectivity index (χ0n) is 19.0. The fraction of sp³-hybridized carbons (Fsp3) is 0.240. The Bertz CT molecular complexity index is 1490. The van der Waals surface area contributed by atoms with Crippen molar-refractivity contribution in [2.24, 2.45) is 5.92 Å². The summed E-state index contributed by atoms with van der Waals surface area (Å²) in [6.07, 6.45) is 2.27. The van der Waals surface area contributed by atoms with Gasteiger partial charge >= 0.3 is 0 Å². The van der Waals surface area contributed by atoms with Crippen LogP contribution in [0.5, 0.6) is 0 Å². The first-order valence-corrected chi connectivity index (χ1v) is 13.6. The fourth-order valence-corrected chi connectivity index (χ4v) is 6.69. The summed E-state index contributed by atoms with van der Waals surface area (Å²) in [4.78, 5) is 24.0. The lowest BCUT2D eigenvalue weighted by molar-refractivity contribution is -0.123. The Morgan fingerprint density at radius 1 is 1.03 bits per heavy atom. The average molecular weight is 529 g/mol. The van der Waals surface area contributed by atoms with Crippen molar-refractivity contribution in [1.29, 1.82) is 0 Å². The van der Waals surface area contributed by atoms with Crippen molar-refractivity contribution in [3.63, 3.8) is 0 Å². The molecule has 1 amide bonds. The third-order valence-corrected chi connectivity index (χ3v) is 9.11. The number of nitrogens with zero attached hydrogens (tertiary/aromatic N) is 4. The summed E-state index contributed by atoms with van der Waals surface area (Å²) in [5, 5.41) is 0.368. The maximum Gasteiger partial charge on any atom is 0.243 e. The highest BCUT2D eigenvalue weighted by molar-refractivity contribution is 7.89. The van der Waals surface area contributed by atoms with Gasteiger partial charge in [-0.3, -0.25) is 14.7 Å². The number of hydrogen-bond acceptors (Lipinski definition) is 6. The molecule has 7 nitrogen and oxygen atoms in total. The highest BCUT2D eigenvalue weighted by Crippen LogP contribution is 2.33. The van der Waals surface area contributed by atoms with Gasteiger partial charge in [0.15, 0.2) is 5.13 Å². The van der Waals surface area contributed by atoms with Crippen LogP contribution in [0.25, 0.3) is 10.2 Å². The third kappa shape index (κ3) is 4.86. The molecule has 1 fully saturated rings. The van der Waals surface area contributed by atoms with E-state index >= 15 is 0 Å². The highest BCUT2D eigenvalue weighted by atomic mass is 32.2. The molecule has 1 aliphatic rings. The molecule has 36 heavy (non-hydrogen) atoms. The zero-order valence-corrected chi connectivity index (χ0v) is 20.7. The molecule has 0 N–H and O–H groups in total. The summed E-state index contributed by atoms with van der Waals surface area (Å²) in [5.74, 6) is -1.62. The Morgan fingerprint density at radius 2 is 1.78 bits per heavy atom. The second-order valence-corrected chi connectivity index (χ2v) is 11.4. The largest absolute Gasteiger partial charge is 0.282 e. The van der Waals surface area contributed by atoms with Crippen LogP contribution in [0.2, 0.25) is 0 Å². The molecule has 0 spiro atoms. The molecule has 11 heteroatoms. The van der Waals surface area contributed by atoms with E-state index in [2.05, 4.69) is 9.97 Å². The molecule has 1 aliphatic heterocycles. The molecule has 4 aromatic rings. The van der Waals surface area contributed by atoms with Crippen LogP contribution in [0.15, 0.2) is 71.8 Å². The number of amides is 1. The second kappa shape index (κ2) is 10.00. The normalized spacial score (nSPS) is 15.3. The van der Waals surface area contributed by atoms with E-state index in [1.165, 1.54) is 38.7 Å². The molecular weight excluding hydrogens is 506 g/mol. The number of para-hydroxylation sites is 1. The summed E-state index contributed by atoms with van der Waals surface area (Å²) in [7, 11) is -3.79. The molecule has 186 valence electrons. The number of sulfonamides is 1. The molecule has 0 aliphatic carbocycles. The van der Waals surface area contributed by atoms with Crippen LogP contribution >= 0.6 is 11.3 Å². The summed E-state index contributed by atoms with van der Waals surface area (Å²) >= 11 is 1.22. The second-order valence-electron chi connectivity index (χ2n) is 8.46. The van der Waals surface area contributed by atoms with Crippen LogP contribution in [0, 0.1) is 17.6 Å². The molecule has 5 rings (SSSR count). The number of fused-ring (bicyclic) bond motifs is 1. The fourth-order valence-electron chi connectivity index (χ4n) is 4.23. The number of piperidine rings is 1. The van der Waals surface area contributed by atoms with Crippen LogP contribution in [0.3, 0.4) is 0 Å². The number of benzene rings is 2.